The maximum atomic E-state index is 12.6. The van der Waals surface area contributed by atoms with E-state index in [4.69, 9.17) is 16.1 Å². The molecular weight excluding hydrogens is 338 g/mol. The van der Waals surface area contributed by atoms with Crippen molar-refractivity contribution < 1.29 is 9.32 Å². The van der Waals surface area contributed by atoms with Crippen LogP contribution in [0, 0.1) is 13.8 Å². The molecule has 1 amide bonds. The van der Waals surface area contributed by atoms with Gasteiger partial charge < -0.3 is 14.8 Å². The summed E-state index contributed by atoms with van der Waals surface area (Å²) in [5.74, 6) is 0.686. The number of H-pyrrole nitrogens is 1. The molecule has 1 atom stereocenters. The molecule has 1 aliphatic rings. The number of carbonyl (C=O) groups excluding carboxylic acids is 1. The Morgan fingerprint density at radius 2 is 2.28 bits per heavy atom. The van der Waals surface area contributed by atoms with Gasteiger partial charge in [0.25, 0.3) is 0 Å². The molecule has 0 bridgehead atoms. The van der Waals surface area contributed by atoms with Crippen LogP contribution in [0.15, 0.2) is 22.7 Å². The van der Waals surface area contributed by atoms with Crippen LogP contribution < -0.4 is 5.32 Å². The van der Waals surface area contributed by atoms with E-state index in [1.807, 2.05) is 26.0 Å². The summed E-state index contributed by atoms with van der Waals surface area (Å²) in [6.07, 6.45) is 3.26. The van der Waals surface area contributed by atoms with Crippen LogP contribution in [-0.2, 0) is 17.6 Å². The lowest BCUT2D eigenvalue weighted by Gasteiger charge is -2.23. The van der Waals surface area contributed by atoms with Crippen LogP contribution in [0.3, 0.4) is 0 Å². The molecule has 0 fully saturated rings. The van der Waals surface area contributed by atoms with E-state index < -0.39 is 0 Å². The lowest BCUT2D eigenvalue weighted by Crippen LogP contribution is -2.32. The minimum absolute atomic E-state index is 0.0137. The fourth-order valence-electron chi connectivity index (χ4n) is 3.76. The van der Waals surface area contributed by atoms with E-state index >= 15 is 0 Å². The van der Waals surface area contributed by atoms with E-state index in [-0.39, 0.29) is 18.4 Å². The van der Waals surface area contributed by atoms with Crippen LogP contribution in [0.4, 0.5) is 0 Å². The number of fused-ring (bicyclic) bond motifs is 3. The smallest absolute Gasteiger partial charge is 0.225 e. The zero-order chi connectivity index (χ0) is 17.6. The number of hydrogen-bond acceptors (Lipinski definition) is 3. The Hall–Kier alpha value is -2.27. The number of rotatable bonds is 3. The van der Waals surface area contributed by atoms with Gasteiger partial charge in [-0.05, 0) is 44.7 Å². The molecule has 1 unspecified atom stereocenters. The van der Waals surface area contributed by atoms with Gasteiger partial charge in [-0.3, -0.25) is 4.79 Å². The summed E-state index contributed by atoms with van der Waals surface area (Å²) in [6.45, 7) is 3.69. The molecule has 25 heavy (non-hydrogen) atoms. The Kier molecular flexibility index (Phi) is 4.04. The van der Waals surface area contributed by atoms with Gasteiger partial charge >= 0.3 is 0 Å². The lowest BCUT2D eigenvalue weighted by molar-refractivity contribution is -0.121. The maximum Gasteiger partial charge on any atom is 0.225 e. The predicted octanol–water partition coefficient (Wildman–Crippen LogP) is 4.16. The lowest BCUT2D eigenvalue weighted by atomic mass is 9.91. The summed E-state index contributed by atoms with van der Waals surface area (Å²) in [5, 5.41) is 8.96. The monoisotopic (exact) mass is 357 g/mol. The third-order valence-electron chi connectivity index (χ3n) is 5.05. The number of hydrogen-bond donors (Lipinski definition) is 2. The first kappa shape index (κ1) is 16.2. The van der Waals surface area contributed by atoms with Gasteiger partial charge in [-0.2, -0.15) is 0 Å². The van der Waals surface area contributed by atoms with Crippen molar-refractivity contribution >= 4 is 28.4 Å². The molecule has 2 aromatic heterocycles. The fourth-order valence-corrected chi connectivity index (χ4v) is 3.98. The van der Waals surface area contributed by atoms with Gasteiger partial charge in [0.15, 0.2) is 0 Å². The highest BCUT2D eigenvalue weighted by Gasteiger charge is 2.26. The molecule has 0 spiro atoms. The number of nitrogens with zero attached hydrogens (tertiary/aromatic N) is 1. The summed E-state index contributed by atoms with van der Waals surface area (Å²) in [4.78, 5) is 16.0. The second-order valence-electron chi connectivity index (χ2n) is 6.67. The summed E-state index contributed by atoms with van der Waals surface area (Å²) < 4.78 is 5.14. The van der Waals surface area contributed by atoms with Gasteiger partial charge in [0.05, 0.1) is 28.7 Å². The summed E-state index contributed by atoms with van der Waals surface area (Å²) >= 11 is 6.32. The summed E-state index contributed by atoms with van der Waals surface area (Å²) in [6, 6.07) is 5.93. The second kappa shape index (κ2) is 6.23. The molecule has 0 saturated heterocycles. The van der Waals surface area contributed by atoms with Crippen LogP contribution in [0.5, 0.6) is 0 Å². The van der Waals surface area contributed by atoms with Gasteiger partial charge in [-0.25, -0.2) is 0 Å². The zero-order valence-corrected chi connectivity index (χ0v) is 15.0. The number of amides is 1. The van der Waals surface area contributed by atoms with Crippen molar-refractivity contribution in [2.45, 2.75) is 45.6 Å². The molecule has 4 rings (SSSR count). The molecule has 1 aromatic carbocycles. The molecule has 3 aromatic rings. The highest BCUT2D eigenvalue weighted by atomic mass is 35.5. The van der Waals surface area contributed by atoms with Crippen molar-refractivity contribution in [3.63, 3.8) is 0 Å². The third-order valence-corrected chi connectivity index (χ3v) is 5.36. The van der Waals surface area contributed by atoms with Crippen molar-refractivity contribution in [1.82, 2.24) is 15.5 Å². The van der Waals surface area contributed by atoms with Crippen LogP contribution in [0.2, 0.25) is 5.02 Å². The summed E-state index contributed by atoms with van der Waals surface area (Å²) in [7, 11) is 0. The number of aryl methyl sites for hydroxylation is 3. The third kappa shape index (κ3) is 2.82. The van der Waals surface area contributed by atoms with Crippen molar-refractivity contribution in [1.29, 1.82) is 0 Å². The Bertz CT molecular complexity index is 938. The SMILES string of the molecule is Cc1noc(C)c1CC(=O)NC1CCCc2c1[nH]c1c(Cl)cccc21. The number of aromatic amines is 1. The standard InChI is InChI=1S/C19H20ClN3O2/c1-10-14(11(2)25-23-10)9-17(24)21-16-8-4-6-13-12-5-3-7-15(20)18(12)22-19(13)16/h3,5,7,16,22H,4,6,8-9H2,1-2H3,(H,21,24). The normalized spacial score (nSPS) is 16.8. The topological polar surface area (TPSA) is 70.9 Å². The molecule has 6 heteroatoms. The van der Waals surface area contributed by atoms with Crippen LogP contribution in [0.1, 0.15) is 47.2 Å². The second-order valence-corrected chi connectivity index (χ2v) is 7.08. The number of aromatic nitrogens is 2. The van der Waals surface area contributed by atoms with E-state index in [0.29, 0.717) is 10.8 Å². The quantitative estimate of drug-likeness (QED) is 0.739. The largest absolute Gasteiger partial charge is 0.361 e. The van der Waals surface area contributed by atoms with Crippen LogP contribution >= 0.6 is 11.6 Å². The average molecular weight is 358 g/mol. The molecule has 0 saturated carbocycles. The predicted molar refractivity (Wildman–Crippen MR) is 96.8 cm³/mol. The first-order valence-electron chi connectivity index (χ1n) is 8.54. The van der Waals surface area contributed by atoms with Gasteiger partial charge in [0, 0.05) is 16.6 Å². The van der Waals surface area contributed by atoms with Crippen molar-refractivity contribution in [3.8, 4) is 0 Å². The maximum absolute atomic E-state index is 12.6. The number of halogens is 1. The van der Waals surface area contributed by atoms with Gasteiger partial charge in [0.1, 0.15) is 5.76 Å². The number of carbonyl (C=O) groups is 1. The van der Waals surface area contributed by atoms with Crippen molar-refractivity contribution in [2.75, 3.05) is 0 Å². The van der Waals surface area contributed by atoms with Gasteiger partial charge in [0.2, 0.25) is 5.91 Å². The molecule has 2 N–H and O–H groups in total. The Labute approximate surface area is 150 Å². The minimum atomic E-state index is -0.0167. The highest BCUT2D eigenvalue weighted by Crippen LogP contribution is 2.37. The fraction of sp³-hybridized carbons (Fsp3) is 0.368. The number of benzene rings is 1. The molecule has 1 aliphatic carbocycles. The molecule has 0 aliphatic heterocycles. The molecule has 0 radical (unpaired) electrons. The van der Waals surface area contributed by atoms with E-state index in [1.54, 1.807) is 0 Å². The van der Waals surface area contributed by atoms with Crippen LogP contribution in [0.25, 0.3) is 10.9 Å². The van der Waals surface area contributed by atoms with E-state index in [1.165, 1.54) is 5.56 Å². The highest BCUT2D eigenvalue weighted by molar-refractivity contribution is 6.35. The average Bonchev–Trinajstić information content (AvgIpc) is 3.12. The Morgan fingerprint density at radius 1 is 1.44 bits per heavy atom. The van der Waals surface area contributed by atoms with Crippen LogP contribution in [-0.4, -0.2) is 16.0 Å². The van der Waals surface area contributed by atoms with E-state index in [2.05, 4.69) is 21.5 Å². The van der Waals surface area contributed by atoms with E-state index in [0.717, 1.165) is 47.1 Å². The first-order valence-corrected chi connectivity index (χ1v) is 8.92. The van der Waals surface area contributed by atoms with E-state index in [9.17, 15) is 4.79 Å². The molecular formula is C19H20ClN3O2. The summed E-state index contributed by atoms with van der Waals surface area (Å²) in [5.41, 5.74) is 4.96. The molecule has 5 nitrogen and oxygen atoms in total. The zero-order valence-electron chi connectivity index (χ0n) is 14.3. The number of nitrogens with one attached hydrogen (secondary N) is 2. The molecule has 2 heterocycles. The minimum Gasteiger partial charge on any atom is -0.361 e. The molecule has 130 valence electrons. The van der Waals surface area contributed by atoms with Crippen molar-refractivity contribution in [3.05, 3.63) is 51.5 Å². The first-order chi connectivity index (χ1) is 12.0. The van der Waals surface area contributed by atoms with Gasteiger partial charge in [-0.15, -0.1) is 0 Å². The Balaban J connectivity index is 1.60. The Morgan fingerprint density at radius 3 is 3.04 bits per heavy atom. The number of para-hydroxylation sites is 1. The van der Waals surface area contributed by atoms with Gasteiger partial charge in [-0.1, -0.05) is 28.9 Å². The van der Waals surface area contributed by atoms with Crippen molar-refractivity contribution in [2.24, 2.45) is 0 Å².